The summed E-state index contributed by atoms with van der Waals surface area (Å²) >= 11 is 6.27. The summed E-state index contributed by atoms with van der Waals surface area (Å²) in [5, 5.41) is 11.6. The minimum atomic E-state index is -0.516. The van der Waals surface area contributed by atoms with E-state index in [0.29, 0.717) is 40.3 Å². The zero-order valence-corrected chi connectivity index (χ0v) is 13.7. The van der Waals surface area contributed by atoms with Gasteiger partial charge in [-0.1, -0.05) is 35.9 Å². The largest absolute Gasteiger partial charge is 0.495 e. The molecule has 0 amide bonds. The zero-order valence-electron chi connectivity index (χ0n) is 12.9. The third-order valence-electron chi connectivity index (χ3n) is 4.05. The fraction of sp³-hybridized carbons (Fsp3) is 0.167. The van der Waals surface area contributed by atoms with Crippen LogP contribution in [-0.2, 0) is 6.42 Å². The van der Waals surface area contributed by atoms with Crippen LogP contribution in [-0.4, -0.2) is 17.8 Å². The summed E-state index contributed by atoms with van der Waals surface area (Å²) in [6.07, 6.45) is 2.78. The Labute approximate surface area is 143 Å². The normalized spacial score (nSPS) is 15.2. The summed E-state index contributed by atoms with van der Waals surface area (Å²) in [6.45, 7) is 0. The summed E-state index contributed by atoms with van der Waals surface area (Å²) in [6, 6.07) is 10.0. The molecule has 0 atom stereocenters. The summed E-state index contributed by atoms with van der Waals surface area (Å²) < 4.78 is 5.17. The molecule has 0 N–H and O–H groups in total. The third kappa shape index (κ3) is 2.78. The lowest BCUT2D eigenvalue weighted by Gasteiger charge is -2.17. The number of methoxy groups -OCH3 is 1. The second kappa shape index (κ2) is 6.45. The monoisotopic (exact) mass is 343 g/mol. The van der Waals surface area contributed by atoms with Crippen LogP contribution >= 0.6 is 11.6 Å². The number of nitrogens with zero attached hydrogens (tertiary/aromatic N) is 1. The SMILES string of the molecule is COc1cccc(C=C2CCc3cccc([N+](=O)[O-])c3C2=O)c1Cl. The van der Waals surface area contributed by atoms with E-state index in [0.717, 1.165) is 0 Å². The Morgan fingerprint density at radius 3 is 2.67 bits per heavy atom. The Bertz CT molecular complexity index is 873. The molecule has 0 aliphatic heterocycles. The number of hydrogen-bond acceptors (Lipinski definition) is 4. The van der Waals surface area contributed by atoms with Gasteiger partial charge in [-0.2, -0.15) is 0 Å². The van der Waals surface area contributed by atoms with Gasteiger partial charge < -0.3 is 4.74 Å². The molecule has 0 spiro atoms. The molecule has 0 saturated carbocycles. The average Bonchev–Trinajstić information content (AvgIpc) is 2.58. The van der Waals surface area contributed by atoms with Crippen LogP contribution in [0.1, 0.15) is 27.9 Å². The first-order valence-corrected chi connectivity index (χ1v) is 7.74. The first kappa shape index (κ1) is 16.2. The lowest BCUT2D eigenvalue weighted by Crippen LogP contribution is -2.16. The topological polar surface area (TPSA) is 69.4 Å². The molecule has 0 unspecified atom stereocenters. The molecule has 0 fully saturated rings. The lowest BCUT2D eigenvalue weighted by molar-refractivity contribution is -0.385. The molecule has 2 aromatic carbocycles. The van der Waals surface area contributed by atoms with E-state index in [9.17, 15) is 14.9 Å². The highest BCUT2D eigenvalue weighted by atomic mass is 35.5. The quantitative estimate of drug-likeness (QED) is 0.468. The maximum atomic E-state index is 12.8. The molecule has 0 radical (unpaired) electrons. The van der Waals surface area contributed by atoms with Crippen molar-refractivity contribution in [3.63, 3.8) is 0 Å². The summed E-state index contributed by atoms with van der Waals surface area (Å²) in [7, 11) is 1.52. The highest BCUT2D eigenvalue weighted by Gasteiger charge is 2.29. The predicted molar refractivity (Wildman–Crippen MR) is 91.7 cm³/mol. The van der Waals surface area contributed by atoms with E-state index in [2.05, 4.69) is 0 Å². The van der Waals surface area contributed by atoms with E-state index in [-0.39, 0.29) is 17.0 Å². The molecule has 0 aromatic heterocycles. The van der Waals surface area contributed by atoms with Gasteiger partial charge in [-0.15, -0.1) is 0 Å². The molecular weight excluding hydrogens is 330 g/mol. The highest BCUT2D eigenvalue weighted by Crippen LogP contribution is 2.35. The molecule has 0 heterocycles. The molecular formula is C18H14ClNO4. The van der Waals surface area contributed by atoms with Gasteiger partial charge in [-0.25, -0.2) is 0 Å². The number of carbonyl (C=O) groups excluding carboxylic acids is 1. The number of ether oxygens (including phenoxy) is 1. The summed E-state index contributed by atoms with van der Waals surface area (Å²) in [5.74, 6) is 0.197. The number of ketones is 1. The second-order valence-corrected chi connectivity index (χ2v) is 5.81. The van der Waals surface area contributed by atoms with Crippen LogP contribution in [0.15, 0.2) is 42.0 Å². The van der Waals surface area contributed by atoms with Gasteiger partial charge in [0, 0.05) is 11.6 Å². The van der Waals surface area contributed by atoms with Gasteiger partial charge in [0.15, 0.2) is 5.78 Å². The van der Waals surface area contributed by atoms with Gasteiger partial charge in [0.2, 0.25) is 0 Å². The molecule has 1 aliphatic carbocycles. The maximum absolute atomic E-state index is 12.8. The van der Waals surface area contributed by atoms with Gasteiger partial charge >= 0.3 is 0 Å². The van der Waals surface area contributed by atoms with Crippen molar-refractivity contribution in [3.8, 4) is 5.75 Å². The minimum absolute atomic E-state index is 0.153. The smallest absolute Gasteiger partial charge is 0.280 e. The van der Waals surface area contributed by atoms with Crippen molar-refractivity contribution in [2.75, 3.05) is 7.11 Å². The fourth-order valence-electron chi connectivity index (χ4n) is 2.87. The van der Waals surface area contributed by atoms with E-state index >= 15 is 0 Å². The van der Waals surface area contributed by atoms with Crippen molar-refractivity contribution in [2.24, 2.45) is 0 Å². The van der Waals surface area contributed by atoms with Crippen molar-refractivity contribution < 1.29 is 14.5 Å². The number of nitro groups is 1. The van der Waals surface area contributed by atoms with Crippen molar-refractivity contribution in [1.82, 2.24) is 0 Å². The van der Waals surface area contributed by atoms with Crippen molar-refractivity contribution in [3.05, 3.63) is 73.8 Å². The number of nitro benzene ring substituents is 1. The molecule has 6 heteroatoms. The number of halogens is 1. The molecule has 24 heavy (non-hydrogen) atoms. The van der Waals surface area contributed by atoms with E-state index in [1.165, 1.54) is 13.2 Å². The Kier molecular flexibility index (Phi) is 4.36. The van der Waals surface area contributed by atoms with Crippen LogP contribution in [0, 0.1) is 10.1 Å². The van der Waals surface area contributed by atoms with Crippen LogP contribution in [0.2, 0.25) is 5.02 Å². The van der Waals surface area contributed by atoms with Gasteiger partial charge in [-0.3, -0.25) is 14.9 Å². The first-order chi connectivity index (χ1) is 11.5. The number of Topliss-reactive ketones (excluding diaryl/α,β-unsaturated/α-hetero) is 1. The third-order valence-corrected chi connectivity index (χ3v) is 4.46. The molecule has 2 aromatic rings. The number of allylic oxidation sites excluding steroid dienone is 1. The van der Waals surface area contributed by atoms with Crippen LogP contribution in [0.5, 0.6) is 5.75 Å². The molecule has 5 nitrogen and oxygen atoms in total. The van der Waals surface area contributed by atoms with Crippen LogP contribution in [0.4, 0.5) is 5.69 Å². The predicted octanol–water partition coefficient (Wildman–Crippen LogP) is 4.47. The fourth-order valence-corrected chi connectivity index (χ4v) is 3.13. The minimum Gasteiger partial charge on any atom is -0.495 e. The number of rotatable bonds is 3. The van der Waals surface area contributed by atoms with Crippen LogP contribution in [0.25, 0.3) is 6.08 Å². The molecule has 3 rings (SSSR count). The van der Waals surface area contributed by atoms with E-state index in [1.54, 1.807) is 36.4 Å². The van der Waals surface area contributed by atoms with Crippen molar-refractivity contribution in [1.29, 1.82) is 0 Å². The Hall–Kier alpha value is -2.66. The van der Waals surface area contributed by atoms with Crippen LogP contribution < -0.4 is 4.74 Å². The average molecular weight is 344 g/mol. The number of aryl methyl sites for hydroxylation is 1. The molecule has 0 bridgehead atoms. The van der Waals surface area contributed by atoms with E-state index in [4.69, 9.17) is 16.3 Å². The van der Waals surface area contributed by atoms with E-state index < -0.39 is 4.92 Å². The van der Waals surface area contributed by atoms with Gasteiger partial charge in [0.1, 0.15) is 11.3 Å². The van der Waals surface area contributed by atoms with Gasteiger partial charge in [0.25, 0.3) is 5.69 Å². The molecule has 1 aliphatic rings. The standard InChI is InChI=1S/C18H14ClNO4/c1-24-15-7-3-5-12(17(15)19)10-13-9-8-11-4-2-6-14(20(22)23)16(11)18(13)21/h2-7,10H,8-9H2,1H3. The Morgan fingerprint density at radius 2 is 1.96 bits per heavy atom. The summed E-state index contributed by atoms with van der Waals surface area (Å²) in [5.41, 5.74) is 1.90. The van der Waals surface area contributed by atoms with Gasteiger partial charge in [0.05, 0.1) is 17.1 Å². The molecule has 0 saturated heterocycles. The zero-order chi connectivity index (χ0) is 17.3. The number of fused-ring (bicyclic) bond motifs is 1. The van der Waals surface area contributed by atoms with E-state index in [1.807, 2.05) is 0 Å². The van der Waals surface area contributed by atoms with Crippen molar-refractivity contribution in [2.45, 2.75) is 12.8 Å². The Morgan fingerprint density at radius 1 is 1.21 bits per heavy atom. The highest BCUT2D eigenvalue weighted by molar-refractivity contribution is 6.33. The van der Waals surface area contributed by atoms with Crippen LogP contribution in [0.3, 0.4) is 0 Å². The summed E-state index contributed by atoms with van der Waals surface area (Å²) in [4.78, 5) is 23.5. The first-order valence-electron chi connectivity index (χ1n) is 7.37. The maximum Gasteiger partial charge on any atom is 0.280 e. The lowest BCUT2D eigenvalue weighted by atomic mass is 9.85. The second-order valence-electron chi connectivity index (χ2n) is 5.43. The van der Waals surface area contributed by atoms with Crippen molar-refractivity contribution >= 4 is 29.1 Å². The molecule has 122 valence electrons. The number of benzene rings is 2. The Balaban J connectivity index is 2.08. The number of hydrogen-bond donors (Lipinski definition) is 0. The van der Waals surface area contributed by atoms with Gasteiger partial charge in [-0.05, 0) is 36.1 Å². The number of carbonyl (C=O) groups is 1.